The van der Waals surface area contributed by atoms with E-state index >= 15 is 0 Å². The van der Waals surface area contributed by atoms with Gasteiger partial charge in [0.2, 0.25) is 0 Å². The van der Waals surface area contributed by atoms with Gasteiger partial charge in [-0.05, 0) is 39.1 Å². The second-order valence-electron chi connectivity index (χ2n) is 5.70. The highest BCUT2D eigenvalue weighted by atomic mass is 16.6. The van der Waals surface area contributed by atoms with Crippen LogP contribution < -0.4 is 5.32 Å². The molecule has 0 aromatic heterocycles. The van der Waals surface area contributed by atoms with E-state index in [1.807, 2.05) is 14.1 Å². The maximum absolute atomic E-state index is 12.3. The Morgan fingerprint density at radius 1 is 1.24 bits per heavy atom. The van der Waals surface area contributed by atoms with Crippen LogP contribution in [0.15, 0.2) is 24.3 Å². The molecule has 0 radical (unpaired) electrons. The molecule has 1 aliphatic rings. The molecule has 2 atom stereocenters. The average molecular weight is 291 g/mol. The number of hydrogen-bond donors (Lipinski definition) is 1. The monoisotopic (exact) mass is 291 g/mol. The smallest absolute Gasteiger partial charge is 0.269 e. The summed E-state index contributed by atoms with van der Waals surface area (Å²) < 4.78 is 0. The van der Waals surface area contributed by atoms with E-state index < -0.39 is 4.92 Å². The Labute approximate surface area is 124 Å². The van der Waals surface area contributed by atoms with Gasteiger partial charge < -0.3 is 10.2 Å². The highest BCUT2D eigenvalue weighted by Gasteiger charge is 2.28. The number of non-ortho nitro benzene ring substituents is 1. The maximum atomic E-state index is 12.3. The van der Waals surface area contributed by atoms with Crippen molar-refractivity contribution in [1.29, 1.82) is 0 Å². The zero-order valence-electron chi connectivity index (χ0n) is 12.4. The zero-order valence-corrected chi connectivity index (χ0v) is 12.4. The van der Waals surface area contributed by atoms with Crippen LogP contribution in [0.1, 0.15) is 36.0 Å². The summed E-state index contributed by atoms with van der Waals surface area (Å²) >= 11 is 0. The number of likely N-dealkylation sites (N-methyl/N-ethyl adjacent to an activating group) is 1. The molecule has 2 rings (SSSR count). The fraction of sp³-hybridized carbons (Fsp3) is 0.533. The van der Waals surface area contributed by atoms with Crippen LogP contribution in [-0.4, -0.2) is 41.9 Å². The van der Waals surface area contributed by atoms with Crippen LogP contribution in [0.3, 0.4) is 0 Å². The van der Waals surface area contributed by atoms with Crippen molar-refractivity contribution in [2.24, 2.45) is 0 Å². The van der Waals surface area contributed by atoms with Crippen molar-refractivity contribution in [2.45, 2.75) is 37.8 Å². The number of nitrogens with zero attached hydrogens (tertiary/aromatic N) is 2. The van der Waals surface area contributed by atoms with E-state index in [-0.39, 0.29) is 17.6 Å². The van der Waals surface area contributed by atoms with Gasteiger partial charge in [-0.25, -0.2) is 0 Å². The standard InChI is InChI=1S/C15H21N3O3/c1-17(2)14-6-4-3-5-13(14)16-15(19)11-7-9-12(10-8-11)18(20)21/h7-10,13-14H,3-6H2,1-2H3,(H,16,19). The second-order valence-corrected chi connectivity index (χ2v) is 5.70. The summed E-state index contributed by atoms with van der Waals surface area (Å²) in [5.74, 6) is -0.163. The Morgan fingerprint density at radius 2 is 1.86 bits per heavy atom. The number of amides is 1. The van der Waals surface area contributed by atoms with Gasteiger partial charge in [-0.1, -0.05) is 12.8 Å². The average Bonchev–Trinajstić information content (AvgIpc) is 2.47. The molecule has 1 aromatic carbocycles. The Kier molecular flexibility index (Phi) is 4.90. The van der Waals surface area contributed by atoms with Gasteiger partial charge >= 0.3 is 0 Å². The molecule has 1 N–H and O–H groups in total. The molecule has 1 aliphatic carbocycles. The third kappa shape index (κ3) is 3.78. The molecule has 0 aliphatic heterocycles. The number of nitro groups is 1. The van der Waals surface area contributed by atoms with Gasteiger partial charge in [0.05, 0.1) is 4.92 Å². The topological polar surface area (TPSA) is 75.5 Å². The van der Waals surface area contributed by atoms with Gasteiger partial charge in [-0.3, -0.25) is 14.9 Å². The summed E-state index contributed by atoms with van der Waals surface area (Å²) in [6.45, 7) is 0. The molecule has 0 saturated heterocycles. The lowest BCUT2D eigenvalue weighted by Crippen LogP contribution is -2.51. The second kappa shape index (κ2) is 6.67. The fourth-order valence-electron chi connectivity index (χ4n) is 2.88. The van der Waals surface area contributed by atoms with Crippen molar-refractivity contribution >= 4 is 11.6 Å². The molecule has 1 aromatic rings. The molecule has 6 heteroatoms. The summed E-state index contributed by atoms with van der Waals surface area (Å²) in [4.78, 5) is 24.6. The molecule has 1 saturated carbocycles. The Bertz CT molecular complexity index is 513. The van der Waals surface area contributed by atoms with Gasteiger partial charge in [0, 0.05) is 29.8 Å². The van der Waals surface area contributed by atoms with Crippen LogP contribution in [0.5, 0.6) is 0 Å². The summed E-state index contributed by atoms with van der Waals surface area (Å²) in [6.07, 6.45) is 4.36. The van der Waals surface area contributed by atoms with E-state index in [1.54, 1.807) is 0 Å². The largest absolute Gasteiger partial charge is 0.348 e. The van der Waals surface area contributed by atoms with Crippen LogP contribution >= 0.6 is 0 Å². The number of nitrogens with one attached hydrogen (secondary N) is 1. The number of rotatable bonds is 4. The Hall–Kier alpha value is -1.95. The fourth-order valence-corrected chi connectivity index (χ4v) is 2.88. The molecule has 21 heavy (non-hydrogen) atoms. The van der Waals surface area contributed by atoms with Crippen molar-refractivity contribution in [3.05, 3.63) is 39.9 Å². The van der Waals surface area contributed by atoms with Crippen LogP contribution in [0.25, 0.3) is 0 Å². The summed E-state index contributed by atoms with van der Waals surface area (Å²) in [6, 6.07) is 6.21. The number of carbonyl (C=O) groups excluding carboxylic acids is 1. The minimum atomic E-state index is -0.467. The van der Waals surface area contributed by atoms with Crippen molar-refractivity contribution < 1.29 is 9.72 Å². The first-order valence-electron chi connectivity index (χ1n) is 7.21. The maximum Gasteiger partial charge on any atom is 0.269 e. The normalized spacial score (nSPS) is 22.0. The molecule has 114 valence electrons. The van der Waals surface area contributed by atoms with E-state index in [9.17, 15) is 14.9 Å². The molecule has 2 unspecified atom stereocenters. The molecular formula is C15H21N3O3. The molecule has 0 heterocycles. The number of nitro benzene ring substituents is 1. The minimum Gasteiger partial charge on any atom is -0.348 e. The molecule has 6 nitrogen and oxygen atoms in total. The van der Waals surface area contributed by atoms with Crippen molar-refractivity contribution in [3.8, 4) is 0 Å². The third-order valence-electron chi connectivity index (χ3n) is 4.05. The summed E-state index contributed by atoms with van der Waals surface area (Å²) in [7, 11) is 4.06. The minimum absolute atomic E-state index is 0.00427. The van der Waals surface area contributed by atoms with E-state index in [4.69, 9.17) is 0 Å². The number of benzene rings is 1. The number of carbonyl (C=O) groups is 1. The van der Waals surface area contributed by atoms with Gasteiger partial charge in [0.15, 0.2) is 0 Å². The Balaban J connectivity index is 2.04. The molecule has 0 bridgehead atoms. The Morgan fingerprint density at radius 3 is 2.43 bits per heavy atom. The van der Waals surface area contributed by atoms with Gasteiger partial charge in [0.25, 0.3) is 11.6 Å². The SMILES string of the molecule is CN(C)C1CCCCC1NC(=O)c1ccc([N+](=O)[O-])cc1. The van der Waals surface area contributed by atoms with Crippen LogP contribution in [0, 0.1) is 10.1 Å². The molecule has 0 spiro atoms. The van der Waals surface area contributed by atoms with Crippen LogP contribution in [0.2, 0.25) is 0 Å². The predicted molar refractivity (Wildman–Crippen MR) is 80.3 cm³/mol. The molecule has 1 amide bonds. The van der Waals surface area contributed by atoms with Crippen LogP contribution in [0.4, 0.5) is 5.69 Å². The van der Waals surface area contributed by atoms with E-state index in [2.05, 4.69) is 10.2 Å². The van der Waals surface area contributed by atoms with Crippen molar-refractivity contribution in [1.82, 2.24) is 10.2 Å². The zero-order chi connectivity index (χ0) is 15.4. The van der Waals surface area contributed by atoms with Gasteiger partial charge in [-0.15, -0.1) is 0 Å². The number of hydrogen-bond acceptors (Lipinski definition) is 4. The van der Waals surface area contributed by atoms with Crippen molar-refractivity contribution in [3.63, 3.8) is 0 Å². The molecule has 1 fully saturated rings. The van der Waals surface area contributed by atoms with Crippen LogP contribution in [-0.2, 0) is 0 Å². The first-order chi connectivity index (χ1) is 9.99. The first kappa shape index (κ1) is 15.4. The predicted octanol–water partition coefficient (Wildman–Crippen LogP) is 2.20. The lowest BCUT2D eigenvalue weighted by Gasteiger charge is -2.36. The summed E-state index contributed by atoms with van der Waals surface area (Å²) in [5, 5.41) is 13.7. The third-order valence-corrected chi connectivity index (χ3v) is 4.05. The highest BCUT2D eigenvalue weighted by Crippen LogP contribution is 2.22. The van der Waals surface area contributed by atoms with E-state index in [1.165, 1.54) is 30.7 Å². The van der Waals surface area contributed by atoms with Crippen molar-refractivity contribution in [2.75, 3.05) is 14.1 Å². The first-order valence-corrected chi connectivity index (χ1v) is 7.21. The van der Waals surface area contributed by atoms with E-state index in [0.29, 0.717) is 11.6 Å². The lowest BCUT2D eigenvalue weighted by molar-refractivity contribution is -0.384. The summed E-state index contributed by atoms with van der Waals surface area (Å²) in [5.41, 5.74) is 0.457. The van der Waals surface area contributed by atoms with Gasteiger partial charge in [-0.2, -0.15) is 0 Å². The van der Waals surface area contributed by atoms with E-state index in [0.717, 1.165) is 19.3 Å². The quantitative estimate of drug-likeness (QED) is 0.681. The molecular weight excluding hydrogens is 270 g/mol. The van der Waals surface area contributed by atoms with Gasteiger partial charge in [0.1, 0.15) is 0 Å². The highest BCUT2D eigenvalue weighted by molar-refractivity contribution is 5.94. The lowest BCUT2D eigenvalue weighted by atomic mass is 9.89.